The fraction of sp³-hybridized carbons (Fsp3) is 0.250. The molecule has 2 aromatic rings. The van der Waals surface area contributed by atoms with Gasteiger partial charge in [-0.3, -0.25) is 5.32 Å². The maximum absolute atomic E-state index is 10.3. The number of nitrogens with one attached hydrogen (secondary N) is 1. The van der Waals surface area contributed by atoms with E-state index in [2.05, 4.69) is 17.2 Å². The van der Waals surface area contributed by atoms with Crippen LogP contribution in [0.15, 0.2) is 36.4 Å². The number of phenolic OH excluding ortho intramolecular Hbond substituents is 1. The normalized spacial score (nSPS) is 11.9. The van der Waals surface area contributed by atoms with Gasteiger partial charge in [-0.2, -0.15) is 0 Å². The number of hydrogen-bond donors (Lipinski definition) is 2. The lowest BCUT2D eigenvalue weighted by atomic mass is 10.0. The van der Waals surface area contributed by atoms with Gasteiger partial charge in [-0.25, -0.2) is 0 Å². The molecule has 0 radical (unpaired) electrons. The lowest BCUT2D eigenvalue weighted by Gasteiger charge is -2.15. The molecule has 0 aliphatic heterocycles. The Hall–Kier alpha value is -1.98. The van der Waals surface area contributed by atoms with Crippen LogP contribution in [-0.2, 0) is 0 Å². The summed E-state index contributed by atoms with van der Waals surface area (Å²) in [6.45, 7) is 4.48. The van der Waals surface area contributed by atoms with E-state index in [4.69, 9.17) is 0 Å². The van der Waals surface area contributed by atoms with Crippen LogP contribution in [0.25, 0.3) is 10.8 Å². The second kappa shape index (κ2) is 5.57. The first kappa shape index (κ1) is 12.5. The number of aromatic hydroxyl groups is 1. The summed E-state index contributed by atoms with van der Waals surface area (Å²) in [6, 6.07) is 11.9. The molecule has 0 saturated heterocycles. The molecule has 0 amide bonds. The van der Waals surface area contributed by atoms with Crippen molar-refractivity contribution in [3.8, 4) is 17.6 Å². The van der Waals surface area contributed by atoms with E-state index in [0.717, 1.165) is 16.3 Å². The van der Waals surface area contributed by atoms with Gasteiger partial charge >= 0.3 is 0 Å². The second-order valence-electron chi connectivity index (χ2n) is 4.25. The van der Waals surface area contributed by atoms with Gasteiger partial charge in [0, 0.05) is 17.0 Å². The third kappa shape index (κ3) is 2.47. The van der Waals surface area contributed by atoms with Crippen molar-refractivity contribution in [2.75, 3.05) is 6.54 Å². The average Bonchev–Trinajstić information content (AvgIpc) is 2.39. The standard InChI is InChI=1S/C16H17NO/c1-3-4-11-17-12(2)14-10-9-13-7-5-6-8-15(13)16(14)18/h5-10,12,17-18H,11H2,1-2H3. The van der Waals surface area contributed by atoms with Crippen molar-refractivity contribution in [1.29, 1.82) is 0 Å². The van der Waals surface area contributed by atoms with Gasteiger partial charge in [-0.15, -0.1) is 5.92 Å². The molecular formula is C16H17NO. The van der Waals surface area contributed by atoms with Gasteiger partial charge in [-0.1, -0.05) is 42.3 Å². The number of phenols is 1. The highest BCUT2D eigenvalue weighted by Gasteiger charge is 2.11. The Morgan fingerprint density at radius 1 is 1.22 bits per heavy atom. The zero-order valence-electron chi connectivity index (χ0n) is 10.7. The molecule has 92 valence electrons. The van der Waals surface area contributed by atoms with Crippen LogP contribution < -0.4 is 5.32 Å². The van der Waals surface area contributed by atoms with E-state index in [1.165, 1.54) is 0 Å². The van der Waals surface area contributed by atoms with Crippen LogP contribution in [0.5, 0.6) is 5.75 Å². The first-order valence-corrected chi connectivity index (χ1v) is 6.07. The monoisotopic (exact) mass is 239 g/mol. The third-order valence-corrected chi connectivity index (χ3v) is 3.07. The van der Waals surface area contributed by atoms with Crippen LogP contribution in [0, 0.1) is 11.8 Å². The lowest BCUT2D eigenvalue weighted by Crippen LogP contribution is -2.18. The Bertz CT molecular complexity index is 607. The Balaban J connectivity index is 2.32. The molecule has 0 spiro atoms. The predicted octanol–water partition coefficient (Wildman–Crippen LogP) is 3.22. The van der Waals surface area contributed by atoms with Gasteiger partial charge in [0.2, 0.25) is 0 Å². The summed E-state index contributed by atoms with van der Waals surface area (Å²) >= 11 is 0. The minimum atomic E-state index is 0.0791. The fourth-order valence-corrected chi connectivity index (χ4v) is 2.02. The maximum atomic E-state index is 10.3. The van der Waals surface area contributed by atoms with Crippen LogP contribution in [0.2, 0.25) is 0 Å². The Kier molecular flexibility index (Phi) is 3.86. The van der Waals surface area contributed by atoms with Crippen LogP contribution in [-0.4, -0.2) is 11.7 Å². The molecule has 2 N–H and O–H groups in total. The molecular weight excluding hydrogens is 222 g/mol. The van der Waals surface area contributed by atoms with E-state index in [1.54, 1.807) is 0 Å². The van der Waals surface area contributed by atoms with Gasteiger partial charge < -0.3 is 5.11 Å². The zero-order chi connectivity index (χ0) is 13.0. The predicted molar refractivity (Wildman–Crippen MR) is 75.5 cm³/mol. The van der Waals surface area contributed by atoms with Crippen LogP contribution in [0.4, 0.5) is 0 Å². The van der Waals surface area contributed by atoms with Gasteiger partial charge in [0.15, 0.2) is 0 Å². The number of fused-ring (bicyclic) bond motifs is 1. The van der Waals surface area contributed by atoms with E-state index < -0.39 is 0 Å². The van der Waals surface area contributed by atoms with Crippen LogP contribution >= 0.6 is 0 Å². The number of benzene rings is 2. The quantitative estimate of drug-likeness (QED) is 0.806. The molecule has 2 aromatic carbocycles. The molecule has 0 fully saturated rings. The SMILES string of the molecule is CC#CCNC(C)c1ccc2ccccc2c1O. The summed E-state index contributed by atoms with van der Waals surface area (Å²) in [6.07, 6.45) is 0. The van der Waals surface area contributed by atoms with Crippen molar-refractivity contribution in [2.24, 2.45) is 0 Å². The topological polar surface area (TPSA) is 32.3 Å². The lowest BCUT2D eigenvalue weighted by molar-refractivity contribution is 0.462. The highest BCUT2D eigenvalue weighted by atomic mass is 16.3. The maximum Gasteiger partial charge on any atom is 0.128 e. The number of hydrogen-bond acceptors (Lipinski definition) is 2. The van der Waals surface area contributed by atoms with E-state index in [0.29, 0.717) is 12.3 Å². The summed E-state index contributed by atoms with van der Waals surface area (Å²) in [5.74, 6) is 6.17. The molecule has 0 aromatic heterocycles. The van der Waals surface area contributed by atoms with Crippen LogP contribution in [0.3, 0.4) is 0 Å². The van der Waals surface area contributed by atoms with Crippen molar-refractivity contribution >= 4 is 10.8 Å². The molecule has 2 nitrogen and oxygen atoms in total. The van der Waals surface area contributed by atoms with Crippen molar-refractivity contribution in [2.45, 2.75) is 19.9 Å². The molecule has 0 aliphatic carbocycles. The van der Waals surface area contributed by atoms with Crippen molar-refractivity contribution < 1.29 is 5.11 Å². The average molecular weight is 239 g/mol. The third-order valence-electron chi connectivity index (χ3n) is 3.07. The Morgan fingerprint density at radius 2 is 2.00 bits per heavy atom. The summed E-state index contributed by atoms with van der Waals surface area (Å²) in [5, 5.41) is 15.5. The van der Waals surface area contributed by atoms with Gasteiger partial charge in [0.05, 0.1) is 6.54 Å². The Morgan fingerprint density at radius 3 is 2.78 bits per heavy atom. The van der Waals surface area contributed by atoms with E-state index in [-0.39, 0.29) is 6.04 Å². The molecule has 2 heteroatoms. The van der Waals surface area contributed by atoms with E-state index in [9.17, 15) is 5.11 Å². The van der Waals surface area contributed by atoms with E-state index >= 15 is 0 Å². The van der Waals surface area contributed by atoms with Crippen LogP contribution in [0.1, 0.15) is 25.5 Å². The number of rotatable bonds is 3. The van der Waals surface area contributed by atoms with E-state index in [1.807, 2.05) is 50.2 Å². The second-order valence-corrected chi connectivity index (χ2v) is 4.25. The molecule has 0 aliphatic rings. The highest BCUT2D eigenvalue weighted by Crippen LogP contribution is 2.32. The minimum Gasteiger partial charge on any atom is -0.507 e. The fourth-order valence-electron chi connectivity index (χ4n) is 2.02. The van der Waals surface area contributed by atoms with Crippen molar-refractivity contribution in [3.05, 3.63) is 42.0 Å². The molecule has 0 bridgehead atoms. The summed E-state index contributed by atoms with van der Waals surface area (Å²) in [7, 11) is 0. The van der Waals surface area contributed by atoms with Crippen molar-refractivity contribution in [3.63, 3.8) is 0 Å². The first-order chi connectivity index (χ1) is 8.74. The first-order valence-electron chi connectivity index (χ1n) is 6.07. The largest absolute Gasteiger partial charge is 0.507 e. The summed E-state index contributed by atoms with van der Waals surface area (Å²) in [5.41, 5.74) is 0.909. The van der Waals surface area contributed by atoms with Gasteiger partial charge in [0.1, 0.15) is 5.75 Å². The van der Waals surface area contributed by atoms with Gasteiger partial charge in [0.25, 0.3) is 0 Å². The molecule has 1 unspecified atom stereocenters. The molecule has 0 heterocycles. The van der Waals surface area contributed by atoms with Crippen molar-refractivity contribution in [1.82, 2.24) is 5.32 Å². The Labute approximate surface area is 108 Å². The summed E-state index contributed by atoms with van der Waals surface area (Å²) < 4.78 is 0. The highest BCUT2D eigenvalue weighted by molar-refractivity contribution is 5.89. The molecule has 0 saturated carbocycles. The van der Waals surface area contributed by atoms with Gasteiger partial charge in [-0.05, 0) is 19.2 Å². The molecule has 2 rings (SSSR count). The minimum absolute atomic E-state index is 0.0791. The molecule has 1 atom stereocenters. The smallest absolute Gasteiger partial charge is 0.128 e. The molecule has 18 heavy (non-hydrogen) atoms. The zero-order valence-corrected chi connectivity index (χ0v) is 10.7. The summed E-state index contributed by atoms with van der Waals surface area (Å²) in [4.78, 5) is 0.